The lowest BCUT2D eigenvalue weighted by Gasteiger charge is -2.23. The molecule has 1 unspecified atom stereocenters. The Morgan fingerprint density at radius 2 is 1.91 bits per heavy atom. The molecular formula is C18H30N2O2. The maximum Gasteiger partial charge on any atom is 0.161 e. The zero-order valence-corrected chi connectivity index (χ0v) is 14.2. The number of rotatable bonds is 9. The molecule has 0 aromatic heterocycles. The van der Waals surface area contributed by atoms with Gasteiger partial charge in [0.2, 0.25) is 0 Å². The Kier molecular flexibility index (Phi) is 7.00. The third-order valence-corrected chi connectivity index (χ3v) is 4.22. The van der Waals surface area contributed by atoms with Gasteiger partial charge in [-0.05, 0) is 57.5 Å². The van der Waals surface area contributed by atoms with Crippen LogP contribution in [0.1, 0.15) is 39.2 Å². The fourth-order valence-corrected chi connectivity index (χ4v) is 3.13. The third kappa shape index (κ3) is 4.62. The summed E-state index contributed by atoms with van der Waals surface area (Å²) >= 11 is 0. The van der Waals surface area contributed by atoms with Crippen molar-refractivity contribution in [3.63, 3.8) is 0 Å². The second-order valence-corrected chi connectivity index (χ2v) is 5.70. The van der Waals surface area contributed by atoms with E-state index in [1.807, 2.05) is 19.9 Å². The van der Waals surface area contributed by atoms with Gasteiger partial charge in [-0.3, -0.25) is 4.90 Å². The number of likely N-dealkylation sites (N-methyl/N-ethyl adjacent to an activating group) is 1. The average Bonchev–Trinajstić information content (AvgIpc) is 2.98. The number of hydrogen-bond donors (Lipinski definition) is 1. The molecule has 0 saturated carbocycles. The molecule has 22 heavy (non-hydrogen) atoms. The monoisotopic (exact) mass is 306 g/mol. The first kappa shape index (κ1) is 17.1. The number of nitrogens with one attached hydrogen (secondary N) is 1. The summed E-state index contributed by atoms with van der Waals surface area (Å²) in [5, 5.41) is 3.59. The average molecular weight is 306 g/mol. The van der Waals surface area contributed by atoms with Crippen LogP contribution < -0.4 is 14.8 Å². The van der Waals surface area contributed by atoms with Crippen molar-refractivity contribution >= 4 is 0 Å². The van der Waals surface area contributed by atoms with Crippen LogP contribution in [0.3, 0.4) is 0 Å². The number of benzene rings is 1. The smallest absolute Gasteiger partial charge is 0.161 e. The van der Waals surface area contributed by atoms with Gasteiger partial charge in [0.05, 0.1) is 13.2 Å². The van der Waals surface area contributed by atoms with Crippen LogP contribution in [-0.4, -0.2) is 43.8 Å². The van der Waals surface area contributed by atoms with E-state index in [1.54, 1.807) is 0 Å². The molecule has 1 heterocycles. The molecule has 4 nitrogen and oxygen atoms in total. The first-order valence-electron chi connectivity index (χ1n) is 8.61. The van der Waals surface area contributed by atoms with Crippen LogP contribution in [0.2, 0.25) is 0 Å². The van der Waals surface area contributed by atoms with Crippen molar-refractivity contribution in [2.45, 2.75) is 46.2 Å². The molecule has 1 aliphatic heterocycles. The van der Waals surface area contributed by atoms with E-state index in [1.165, 1.54) is 24.9 Å². The van der Waals surface area contributed by atoms with Crippen molar-refractivity contribution in [2.24, 2.45) is 0 Å². The Morgan fingerprint density at radius 1 is 1.14 bits per heavy atom. The van der Waals surface area contributed by atoms with Gasteiger partial charge in [0.25, 0.3) is 0 Å². The van der Waals surface area contributed by atoms with Gasteiger partial charge in [-0.1, -0.05) is 13.0 Å². The summed E-state index contributed by atoms with van der Waals surface area (Å²) in [6.07, 6.45) is 2.64. The van der Waals surface area contributed by atoms with E-state index < -0.39 is 0 Å². The standard InChI is InChI=1S/C18H30N2O2/c1-4-20-11-7-8-16(20)14-19-13-15-9-10-17(21-5-2)18(12-15)22-6-3/h9-10,12,16,19H,4-8,11,13-14H2,1-3H3. The first-order valence-corrected chi connectivity index (χ1v) is 8.61. The highest BCUT2D eigenvalue weighted by Gasteiger charge is 2.22. The predicted octanol–water partition coefficient (Wildman–Crippen LogP) is 3.06. The quantitative estimate of drug-likeness (QED) is 0.760. The number of ether oxygens (including phenoxy) is 2. The zero-order chi connectivity index (χ0) is 15.8. The van der Waals surface area contributed by atoms with Crippen molar-refractivity contribution in [2.75, 3.05) is 32.8 Å². The highest BCUT2D eigenvalue weighted by atomic mass is 16.5. The topological polar surface area (TPSA) is 33.7 Å². The van der Waals surface area contributed by atoms with Crippen molar-refractivity contribution < 1.29 is 9.47 Å². The molecular weight excluding hydrogens is 276 g/mol. The summed E-state index contributed by atoms with van der Waals surface area (Å²) in [5.41, 5.74) is 1.24. The van der Waals surface area contributed by atoms with Gasteiger partial charge >= 0.3 is 0 Å². The van der Waals surface area contributed by atoms with Crippen LogP contribution in [0, 0.1) is 0 Å². The number of likely N-dealkylation sites (tertiary alicyclic amines) is 1. The number of hydrogen-bond acceptors (Lipinski definition) is 4. The highest BCUT2D eigenvalue weighted by molar-refractivity contribution is 5.43. The van der Waals surface area contributed by atoms with Gasteiger partial charge in [0, 0.05) is 19.1 Å². The molecule has 1 aliphatic rings. The summed E-state index contributed by atoms with van der Waals surface area (Å²) in [5.74, 6) is 1.68. The van der Waals surface area contributed by atoms with Gasteiger partial charge in [0.1, 0.15) is 0 Å². The Bertz CT molecular complexity index is 451. The summed E-state index contributed by atoms with van der Waals surface area (Å²) in [6.45, 7) is 11.9. The lowest BCUT2D eigenvalue weighted by atomic mass is 10.1. The molecule has 2 rings (SSSR count). The van der Waals surface area contributed by atoms with E-state index in [-0.39, 0.29) is 0 Å². The van der Waals surface area contributed by atoms with Gasteiger partial charge in [-0.25, -0.2) is 0 Å². The first-order chi connectivity index (χ1) is 10.8. The van der Waals surface area contributed by atoms with Crippen molar-refractivity contribution in [3.8, 4) is 11.5 Å². The molecule has 0 aliphatic carbocycles. The molecule has 0 spiro atoms. The summed E-state index contributed by atoms with van der Waals surface area (Å²) in [4.78, 5) is 2.57. The molecule has 1 aromatic carbocycles. The van der Waals surface area contributed by atoms with Crippen molar-refractivity contribution in [1.29, 1.82) is 0 Å². The maximum absolute atomic E-state index is 5.68. The van der Waals surface area contributed by atoms with Crippen molar-refractivity contribution in [3.05, 3.63) is 23.8 Å². The van der Waals surface area contributed by atoms with E-state index in [9.17, 15) is 0 Å². The summed E-state index contributed by atoms with van der Waals surface area (Å²) in [7, 11) is 0. The minimum Gasteiger partial charge on any atom is -0.490 e. The Balaban J connectivity index is 1.88. The Morgan fingerprint density at radius 3 is 2.64 bits per heavy atom. The normalized spacial score (nSPS) is 18.6. The van der Waals surface area contributed by atoms with E-state index in [0.717, 1.165) is 31.1 Å². The minimum atomic E-state index is 0.657. The van der Waals surface area contributed by atoms with E-state index in [4.69, 9.17) is 9.47 Å². The van der Waals surface area contributed by atoms with E-state index in [2.05, 4.69) is 29.3 Å². The zero-order valence-electron chi connectivity index (χ0n) is 14.2. The van der Waals surface area contributed by atoms with Crippen LogP contribution in [-0.2, 0) is 6.54 Å². The second kappa shape index (κ2) is 9.01. The Labute approximate surface area is 134 Å². The van der Waals surface area contributed by atoms with Crippen LogP contribution in [0.25, 0.3) is 0 Å². The van der Waals surface area contributed by atoms with Crippen molar-refractivity contribution in [1.82, 2.24) is 10.2 Å². The largest absolute Gasteiger partial charge is 0.490 e. The van der Waals surface area contributed by atoms with Crippen LogP contribution in [0.15, 0.2) is 18.2 Å². The predicted molar refractivity (Wildman–Crippen MR) is 90.8 cm³/mol. The second-order valence-electron chi connectivity index (χ2n) is 5.70. The van der Waals surface area contributed by atoms with E-state index in [0.29, 0.717) is 19.3 Å². The SMILES string of the molecule is CCOc1ccc(CNCC2CCCN2CC)cc1OCC. The molecule has 1 atom stereocenters. The molecule has 1 fully saturated rings. The lowest BCUT2D eigenvalue weighted by molar-refractivity contribution is 0.259. The van der Waals surface area contributed by atoms with Crippen LogP contribution in [0.4, 0.5) is 0 Å². The molecule has 1 aromatic rings. The summed E-state index contributed by atoms with van der Waals surface area (Å²) < 4.78 is 11.3. The lowest BCUT2D eigenvalue weighted by Crippen LogP contribution is -2.37. The summed E-state index contributed by atoms with van der Waals surface area (Å²) in [6, 6.07) is 6.92. The molecule has 0 radical (unpaired) electrons. The van der Waals surface area contributed by atoms with Gasteiger partial charge in [0.15, 0.2) is 11.5 Å². The van der Waals surface area contributed by atoms with E-state index >= 15 is 0 Å². The molecule has 124 valence electrons. The molecule has 1 saturated heterocycles. The molecule has 4 heteroatoms. The number of nitrogens with zero attached hydrogens (tertiary/aromatic N) is 1. The molecule has 0 bridgehead atoms. The maximum atomic E-state index is 5.68. The fourth-order valence-electron chi connectivity index (χ4n) is 3.13. The third-order valence-electron chi connectivity index (χ3n) is 4.22. The Hall–Kier alpha value is -1.26. The van der Waals surface area contributed by atoms with Crippen LogP contribution >= 0.6 is 0 Å². The highest BCUT2D eigenvalue weighted by Crippen LogP contribution is 2.28. The van der Waals surface area contributed by atoms with Crippen LogP contribution in [0.5, 0.6) is 11.5 Å². The van der Waals surface area contributed by atoms with Gasteiger partial charge < -0.3 is 14.8 Å². The minimum absolute atomic E-state index is 0.657. The molecule has 1 N–H and O–H groups in total. The molecule has 0 amide bonds. The van der Waals surface area contributed by atoms with Gasteiger partial charge in [-0.15, -0.1) is 0 Å². The van der Waals surface area contributed by atoms with Gasteiger partial charge in [-0.2, -0.15) is 0 Å². The fraction of sp³-hybridized carbons (Fsp3) is 0.667.